The van der Waals surface area contributed by atoms with E-state index < -0.39 is 9.04 Å². The van der Waals surface area contributed by atoms with Gasteiger partial charge in [0.05, 0.1) is 0 Å². The van der Waals surface area contributed by atoms with Crippen LogP contribution < -0.4 is 5.73 Å². The third-order valence-corrected chi connectivity index (χ3v) is 4.15. The van der Waals surface area contributed by atoms with Crippen LogP contribution in [0.1, 0.15) is 13.3 Å². The molecule has 0 heterocycles. The van der Waals surface area contributed by atoms with E-state index in [2.05, 4.69) is 6.92 Å². The minimum Gasteiger partial charge on any atom is -0.423 e. The van der Waals surface area contributed by atoms with E-state index in [9.17, 15) is 0 Å². The van der Waals surface area contributed by atoms with Gasteiger partial charge in [-0.05, 0) is 25.1 Å². The van der Waals surface area contributed by atoms with E-state index in [0.717, 1.165) is 13.0 Å². The fourth-order valence-electron chi connectivity index (χ4n) is 0.834. The van der Waals surface area contributed by atoms with Crippen molar-refractivity contribution in [3.05, 3.63) is 0 Å². The highest BCUT2D eigenvalue weighted by Crippen LogP contribution is 2.01. The molecule has 56 valence electrons. The molecule has 0 saturated heterocycles. The molecule has 0 aliphatic rings. The van der Waals surface area contributed by atoms with Gasteiger partial charge in [-0.25, -0.2) is 0 Å². The fourth-order valence-corrected chi connectivity index (χ4v) is 2.50. The van der Waals surface area contributed by atoms with Crippen LogP contribution in [0, 0.1) is 0 Å². The summed E-state index contributed by atoms with van der Waals surface area (Å²) in [5.41, 5.74) is 5.35. The second-order valence-corrected chi connectivity index (χ2v) is 5.31. The Hall–Kier alpha value is 0.137. The smallest absolute Gasteiger partial charge is 0.176 e. The molecule has 9 heavy (non-hydrogen) atoms. The van der Waals surface area contributed by atoms with Crippen molar-refractivity contribution >= 4 is 9.04 Å². The van der Waals surface area contributed by atoms with E-state index in [0.29, 0.717) is 0 Å². The third-order valence-electron chi connectivity index (χ3n) is 1.52. The summed E-state index contributed by atoms with van der Waals surface area (Å²) in [6, 6.07) is 2.47. The molecule has 3 heteroatoms. The zero-order chi connectivity index (χ0) is 7.11. The lowest BCUT2D eigenvalue weighted by Crippen LogP contribution is -2.15. The number of hydrogen-bond acceptors (Lipinski definition) is 2. The van der Waals surface area contributed by atoms with Crippen LogP contribution >= 0.6 is 0 Å². The molecule has 0 bridgehead atoms. The first-order valence-corrected chi connectivity index (χ1v) is 5.68. The number of hydrogen-bond donors (Lipinski definition) is 1. The molecule has 0 radical (unpaired) electrons. The van der Waals surface area contributed by atoms with Gasteiger partial charge in [0.2, 0.25) is 0 Å². The monoisotopic (exact) mass is 147 g/mol. The predicted molar refractivity (Wildman–Crippen MR) is 43.1 cm³/mol. The maximum Gasteiger partial charge on any atom is 0.176 e. The largest absolute Gasteiger partial charge is 0.423 e. The normalized spacial score (nSPS) is 13.7. The molecular weight excluding hydrogens is 130 g/mol. The lowest BCUT2D eigenvalue weighted by atomic mass is 10.5. The molecule has 1 atom stereocenters. The third kappa shape index (κ3) is 4.63. The van der Waals surface area contributed by atoms with Crippen LogP contribution in [0.5, 0.6) is 0 Å². The van der Waals surface area contributed by atoms with Crippen LogP contribution in [0.4, 0.5) is 0 Å². The maximum atomic E-state index is 5.35. The van der Waals surface area contributed by atoms with E-state index in [1.807, 2.05) is 7.11 Å². The predicted octanol–water partition coefficient (Wildman–Crippen LogP) is 0.725. The SMILES string of the molecule is CC[SiH](CCCN)OC. The summed E-state index contributed by atoms with van der Waals surface area (Å²) >= 11 is 0. The minimum atomic E-state index is -0.790. The van der Waals surface area contributed by atoms with Crippen molar-refractivity contribution in [2.75, 3.05) is 13.7 Å². The van der Waals surface area contributed by atoms with Gasteiger partial charge >= 0.3 is 0 Å². The summed E-state index contributed by atoms with van der Waals surface area (Å²) in [5.74, 6) is 0. The molecule has 0 rings (SSSR count). The van der Waals surface area contributed by atoms with Crippen molar-refractivity contribution in [2.24, 2.45) is 5.73 Å². The Morgan fingerprint density at radius 1 is 1.56 bits per heavy atom. The Kier molecular flexibility index (Phi) is 6.35. The van der Waals surface area contributed by atoms with E-state index in [-0.39, 0.29) is 0 Å². The molecule has 2 nitrogen and oxygen atoms in total. The quantitative estimate of drug-likeness (QED) is 0.582. The van der Waals surface area contributed by atoms with Gasteiger partial charge in [-0.1, -0.05) is 6.92 Å². The highest BCUT2D eigenvalue weighted by atomic mass is 28.3. The molecule has 0 spiro atoms. The molecule has 0 aromatic heterocycles. The standard InChI is InChI=1S/C6H17NOSi/c1-3-9(8-2)6-4-5-7/h9H,3-7H2,1-2H3. The van der Waals surface area contributed by atoms with E-state index in [1.54, 1.807) is 0 Å². The Morgan fingerprint density at radius 2 is 2.22 bits per heavy atom. The van der Waals surface area contributed by atoms with Gasteiger partial charge in [0, 0.05) is 7.11 Å². The molecule has 1 unspecified atom stereocenters. The summed E-state index contributed by atoms with van der Waals surface area (Å²) in [7, 11) is 1.03. The Balaban J connectivity index is 3.09. The lowest BCUT2D eigenvalue weighted by molar-refractivity contribution is 0.417. The number of rotatable bonds is 5. The summed E-state index contributed by atoms with van der Waals surface area (Å²) in [6.07, 6.45) is 1.14. The Bertz CT molecular complexity index is 57.0. The van der Waals surface area contributed by atoms with E-state index in [1.165, 1.54) is 12.1 Å². The zero-order valence-electron chi connectivity index (χ0n) is 6.39. The van der Waals surface area contributed by atoms with Gasteiger partial charge in [-0.15, -0.1) is 0 Å². The number of nitrogens with two attached hydrogens (primary N) is 1. The first kappa shape index (κ1) is 9.14. The molecule has 0 saturated carbocycles. The minimum absolute atomic E-state index is 0.790. The lowest BCUT2D eigenvalue weighted by Gasteiger charge is -2.08. The van der Waals surface area contributed by atoms with Crippen LogP contribution in [0.2, 0.25) is 12.1 Å². The van der Waals surface area contributed by atoms with Crippen molar-refractivity contribution in [1.82, 2.24) is 0 Å². The second-order valence-electron chi connectivity index (χ2n) is 2.20. The van der Waals surface area contributed by atoms with Crippen molar-refractivity contribution in [2.45, 2.75) is 25.4 Å². The van der Waals surface area contributed by atoms with Crippen LogP contribution in [0.25, 0.3) is 0 Å². The molecule has 0 aliphatic carbocycles. The molecule has 0 aliphatic heterocycles. The van der Waals surface area contributed by atoms with Crippen LogP contribution in [0.3, 0.4) is 0 Å². The zero-order valence-corrected chi connectivity index (χ0v) is 7.55. The van der Waals surface area contributed by atoms with Crippen molar-refractivity contribution in [3.8, 4) is 0 Å². The molecular formula is C6H17NOSi. The molecule has 0 aromatic rings. The van der Waals surface area contributed by atoms with Gasteiger partial charge in [-0.3, -0.25) is 0 Å². The van der Waals surface area contributed by atoms with Crippen molar-refractivity contribution in [3.63, 3.8) is 0 Å². The topological polar surface area (TPSA) is 35.2 Å². The summed E-state index contributed by atoms with van der Waals surface area (Å²) in [5, 5.41) is 0. The molecule has 0 fully saturated rings. The fraction of sp³-hybridized carbons (Fsp3) is 1.00. The highest BCUT2D eigenvalue weighted by molar-refractivity contribution is 6.51. The van der Waals surface area contributed by atoms with Crippen LogP contribution in [-0.2, 0) is 4.43 Å². The summed E-state index contributed by atoms with van der Waals surface area (Å²) < 4.78 is 5.28. The van der Waals surface area contributed by atoms with Gasteiger partial charge in [0.1, 0.15) is 0 Å². The molecule has 2 N–H and O–H groups in total. The average Bonchev–Trinajstić information content (AvgIpc) is 1.91. The van der Waals surface area contributed by atoms with Crippen molar-refractivity contribution < 1.29 is 4.43 Å². The van der Waals surface area contributed by atoms with Crippen LogP contribution in [0.15, 0.2) is 0 Å². The molecule has 0 amide bonds. The average molecular weight is 147 g/mol. The maximum absolute atomic E-state index is 5.35. The Labute approximate surface area is 59.1 Å². The van der Waals surface area contributed by atoms with Gasteiger partial charge < -0.3 is 10.2 Å². The second kappa shape index (κ2) is 6.26. The van der Waals surface area contributed by atoms with E-state index in [4.69, 9.17) is 10.2 Å². The van der Waals surface area contributed by atoms with Crippen molar-refractivity contribution in [1.29, 1.82) is 0 Å². The highest BCUT2D eigenvalue weighted by Gasteiger charge is 2.04. The van der Waals surface area contributed by atoms with Crippen LogP contribution in [-0.4, -0.2) is 22.7 Å². The van der Waals surface area contributed by atoms with Gasteiger partial charge in [0.25, 0.3) is 0 Å². The first-order valence-electron chi connectivity index (χ1n) is 3.58. The van der Waals surface area contributed by atoms with Gasteiger partial charge in [0.15, 0.2) is 9.04 Å². The Morgan fingerprint density at radius 3 is 2.56 bits per heavy atom. The molecule has 0 aromatic carbocycles. The first-order chi connectivity index (χ1) is 4.35. The van der Waals surface area contributed by atoms with E-state index >= 15 is 0 Å². The van der Waals surface area contributed by atoms with Gasteiger partial charge in [-0.2, -0.15) is 0 Å². The summed E-state index contributed by atoms with van der Waals surface area (Å²) in [4.78, 5) is 0. The summed E-state index contributed by atoms with van der Waals surface area (Å²) in [6.45, 7) is 3.00.